The predicted molar refractivity (Wildman–Crippen MR) is 77.2 cm³/mol. The summed E-state index contributed by atoms with van der Waals surface area (Å²) in [5, 5.41) is 3.39. The van der Waals surface area contributed by atoms with Gasteiger partial charge in [0.05, 0.1) is 5.69 Å². The third-order valence-electron chi connectivity index (χ3n) is 3.28. The SMILES string of the molecule is CC(Nc1nc(Cl)ccc1N)C(=O)N1CCCCC1. The van der Waals surface area contributed by atoms with E-state index >= 15 is 0 Å². The molecule has 1 atom stereocenters. The Morgan fingerprint density at radius 2 is 2.11 bits per heavy atom. The second-order valence-electron chi connectivity index (χ2n) is 4.82. The number of anilines is 2. The lowest BCUT2D eigenvalue weighted by atomic mass is 10.1. The number of nitrogen functional groups attached to an aromatic ring is 1. The smallest absolute Gasteiger partial charge is 0.244 e. The molecule has 1 unspecified atom stereocenters. The minimum Gasteiger partial charge on any atom is -0.396 e. The van der Waals surface area contributed by atoms with Crippen LogP contribution in [-0.4, -0.2) is 34.9 Å². The molecular formula is C13H19ClN4O. The van der Waals surface area contributed by atoms with Crippen LogP contribution in [0.4, 0.5) is 11.5 Å². The zero-order valence-electron chi connectivity index (χ0n) is 11.0. The van der Waals surface area contributed by atoms with Crippen LogP contribution in [0.2, 0.25) is 5.15 Å². The summed E-state index contributed by atoms with van der Waals surface area (Å²) in [5.74, 6) is 0.547. The molecule has 0 spiro atoms. The summed E-state index contributed by atoms with van der Waals surface area (Å²) in [6.45, 7) is 3.49. The molecule has 1 saturated heterocycles. The Bertz CT molecular complexity index is 460. The van der Waals surface area contributed by atoms with Crippen molar-refractivity contribution >= 4 is 29.0 Å². The van der Waals surface area contributed by atoms with Gasteiger partial charge in [0.25, 0.3) is 0 Å². The largest absolute Gasteiger partial charge is 0.396 e. The van der Waals surface area contributed by atoms with Crippen LogP contribution in [0.25, 0.3) is 0 Å². The molecule has 0 radical (unpaired) electrons. The monoisotopic (exact) mass is 282 g/mol. The van der Waals surface area contributed by atoms with Gasteiger partial charge >= 0.3 is 0 Å². The number of nitrogens with zero attached hydrogens (tertiary/aromatic N) is 2. The summed E-state index contributed by atoms with van der Waals surface area (Å²) in [5.41, 5.74) is 6.30. The van der Waals surface area contributed by atoms with Crippen molar-refractivity contribution in [2.24, 2.45) is 0 Å². The van der Waals surface area contributed by atoms with E-state index in [0.717, 1.165) is 25.9 Å². The molecule has 1 aliphatic rings. The second-order valence-corrected chi connectivity index (χ2v) is 5.21. The predicted octanol–water partition coefficient (Wildman–Crippen LogP) is 2.13. The molecule has 2 heterocycles. The number of carbonyl (C=O) groups is 1. The average molecular weight is 283 g/mol. The minimum atomic E-state index is -0.355. The van der Waals surface area contributed by atoms with Gasteiger partial charge in [-0.15, -0.1) is 0 Å². The highest BCUT2D eigenvalue weighted by Crippen LogP contribution is 2.20. The van der Waals surface area contributed by atoms with Gasteiger partial charge in [0, 0.05) is 13.1 Å². The third kappa shape index (κ3) is 3.50. The number of amides is 1. The van der Waals surface area contributed by atoms with Crippen LogP contribution in [0.3, 0.4) is 0 Å². The standard InChI is InChI=1S/C13H19ClN4O/c1-9(13(19)18-7-3-2-4-8-18)16-12-10(15)5-6-11(14)17-12/h5-6,9H,2-4,7-8,15H2,1H3,(H,16,17). The molecule has 2 rings (SSSR count). The molecule has 3 N–H and O–H groups in total. The summed E-state index contributed by atoms with van der Waals surface area (Å²) in [7, 11) is 0. The number of likely N-dealkylation sites (tertiary alicyclic amines) is 1. The Morgan fingerprint density at radius 1 is 1.42 bits per heavy atom. The Balaban J connectivity index is 2.01. The number of pyridine rings is 1. The van der Waals surface area contributed by atoms with E-state index in [2.05, 4.69) is 10.3 Å². The molecule has 5 nitrogen and oxygen atoms in total. The van der Waals surface area contributed by atoms with Crippen LogP contribution >= 0.6 is 11.6 Å². The van der Waals surface area contributed by atoms with Crippen LogP contribution in [-0.2, 0) is 4.79 Å². The molecule has 1 fully saturated rings. The highest BCUT2D eigenvalue weighted by Gasteiger charge is 2.22. The zero-order chi connectivity index (χ0) is 13.8. The first-order valence-corrected chi connectivity index (χ1v) is 6.93. The Labute approximate surface area is 118 Å². The number of nitrogens with one attached hydrogen (secondary N) is 1. The van der Waals surface area contributed by atoms with Crippen LogP contribution in [0.15, 0.2) is 12.1 Å². The molecule has 1 amide bonds. The molecule has 0 bridgehead atoms. The first-order valence-electron chi connectivity index (χ1n) is 6.55. The van der Waals surface area contributed by atoms with E-state index < -0.39 is 0 Å². The molecule has 1 aromatic heterocycles. The fourth-order valence-corrected chi connectivity index (χ4v) is 2.36. The van der Waals surface area contributed by atoms with Crippen molar-refractivity contribution in [2.75, 3.05) is 24.1 Å². The summed E-state index contributed by atoms with van der Waals surface area (Å²) in [6, 6.07) is 2.95. The maximum atomic E-state index is 12.3. The van der Waals surface area contributed by atoms with Gasteiger partial charge in [-0.05, 0) is 38.3 Å². The number of piperidine rings is 1. The van der Waals surface area contributed by atoms with E-state index in [9.17, 15) is 4.79 Å². The lowest BCUT2D eigenvalue weighted by Gasteiger charge is -2.29. The van der Waals surface area contributed by atoms with Gasteiger partial charge in [-0.2, -0.15) is 0 Å². The lowest BCUT2D eigenvalue weighted by Crippen LogP contribution is -2.44. The van der Waals surface area contributed by atoms with Gasteiger partial charge in [-0.3, -0.25) is 4.79 Å². The van der Waals surface area contributed by atoms with Crippen molar-refractivity contribution in [1.82, 2.24) is 9.88 Å². The Hall–Kier alpha value is -1.49. The molecule has 0 saturated carbocycles. The Morgan fingerprint density at radius 3 is 2.79 bits per heavy atom. The molecule has 1 aliphatic heterocycles. The van der Waals surface area contributed by atoms with Gasteiger partial charge in [-0.1, -0.05) is 11.6 Å². The van der Waals surface area contributed by atoms with E-state index in [-0.39, 0.29) is 11.9 Å². The lowest BCUT2D eigenvalue weighted by molar-refractivity contribution is -0.132. The maximum Gasteiger partial charge on any atom is 0.244 e. The number of aromatic nitrogens is 1. The minimum absolute atomic E-state index is 0.0841. The molecule has 104 valence electrons. The number of nitrogens with two attached hydrogens (primary N) is 1. The maximum absolute atomic E-state index is 12.3. The van der Waals surface area contributed by atoms with Gasteiger partial charge in [-0.25, -0.2) is 4.98 Å². The van der Waals surface area contributed by atoms with Crippen LogP contribution in [0.1, 0.15) is 26.2 Å². The van der Waals surface area contributed by atoms with Crippen molar-refractivity contribution in [3.05, 3.63) is 17.3 Å². The van der Waals surface area contributed by atoms with Crippen molar-refractivity contribution in [3.8, 4) is 0 Å². The highest BCUT2D eigenvalue weighted by atomic mass is 35.5. The molecule has 0 aromatic carbocycles. The number of hydrogen-bond acceptors (Lipinski definition) is 4. The van der Waals surface area contributed by atoms with E-state index in [0.29, 0.717) is 16.7 Å². The van der Waals surface area contributed by atoms with Crippen LogP contribution in [0.5, 0.6) is 0 Å². The topological polar surface area (TPSA) is 71.2 Å². The zero-order valence-corrected chi connectivity index (χ0v) is 11.8. The average Bonchev–Trinajstić information content (AvgIpc) is 2.43. The number of hydrogen-bond donors (Lipinski definition) is 2. The van der Waals surface area contributed by atoms with E-state index in [1.54, 1.807) is 12.1 Å². The molecule has 6 heteroatoms. The number of halogens is 1. The second kappa shape index (κ2) is 6.10. The summed E-state index contributed by atoms with van der Waals surface area (Å²) < 4.78 is 0. The van der Waals surface area contributed by atoms with Gasteiger partial charge in [0.2, 0.25) is 5.91 Å². The van der Waals surface area contributed by atoms with Crippen molar-refractivity contribution in [3.63, 3.8) is 0 Å². The van der Waals surface area contributed by atoms with E-state index in [1.807, 2.05) is 11.8 Å². The third-order valence-corrected chi connectivity index (χ3v) is 3.49. The quantitative estimate of drug-likeness (QED) is 0.833. The van der Waals surface area contributed by atoms with Crippen molar-refractivity contribution in [2.45, 2.75) is 32.2 Å². The molecule has 0 aliphatic carbocycles. The van der Waals surface area contributed by atoms with Crippen LogP contribution in [0, 0.1) is 0 Å². The first kappa shape index (κ1) is 13.9. The summed E-state index contributed by atoms with van der Waals surface area (Å²) in [4.78, 5) is 18.3. The Kier molecular flexibility index (Phi) is 4.47. The normalized spacial score (nSPS) is 17.1. The highest BCUT2D eigenvalue weighted by molar-refractivity contribution is 6.29. The summed E-state index contributed by atoms with van der Waals surface area (Å²) >= 11 is 5.83. The molecule has 1 aromatic rings. The van der Waals surface area contributed by atoms with Gasteiger partial charge in [0.15, 0.2) is 5.82 Å². The van der Waals surface area contributed by atoms with Crippen LogP contribution < -0.4 is 11.1 Å². The summed E-state index contributed by atoms with van der Waals surface area (Å²) in [6.07, 6.45) is 3.36. The number of rotatable bonds is 3. The van der Waals surface area contributed by atoms with Crippen molar-refractivity contribution < 1.29 is 4.79 Å². The number of carbonyl (C=O) groups excluding carboxylic acids is 1. The fourth-order valence-electron chi connectivity index (χ4n) is 2.22. The molecule has 19 heavy (non-hydrogen) atoms. The van der Waals surface area contributed by atoms with E-state index in [1.165, 1.54) is 6.42 Å². The van der Waals surface area contributed by atoms with Crippen molar-refractivity contribution in [1.29, 1.82) is 0 Å². The first-order chi connectivity index (χ1) is 9.08. The van der Waals surface area contributed by atoms with Gasteiger partial charge < -0.3 is 16.0 Å². The molecular weight excluding hydrogens is 264 g/mol. The fraction of sp³-hybridized carbons (Fsp3) is 0.538. The van der Waals surface area contributed by atoms with E-state index in [4.69, 9.17) is 17.3 Å². The van der Waals surface area contributed by atoms with Gasteiger partial charge in [0.1, 0.15) is 11.2 Å².